The molecule has 2 aliphatic heterocycles. The molecule has 0 saturated carbocycles. The Morgan fingerprint density at radius 1 is 1.43 bits per heavy atom. The lowest BCUT2D eigenvalue weighted by atomic mass is 10.1. The van der Waals surface area contributed by atoms with Crippen LogP contribution in [-0.4, -0.2) is 17.4 Å². The first-order chi connectivity index (χ1) is 6.86. The predicted octanol–water partition coefficient (Wildman–Crippen LogP) is 1.89. The van der Waals surface area contributed by atoms with Gasteiger partial charge >= 0.3 is 0 Å². The van der Waals surface area contributed by atoms with Crippen LogP contribution in [0.5, 0.6) is 0 Å². The second-order valence-electron chi connectivity index (χ2n) is 4.04. The highest BCUT2D eigenvalue weighted by Gasteiger charge is 2.35. The van der Waals surface area contributed by atoms with Gasteiger partial charge in [0, 0.05) is 24.9 Å². The van der Waals surface area contributed by atoms with Gasteiger partial charge in [0.05, 0.1) is 12.3 Å². The second-order valence-corrected chi connectivity index (χ2v) is 4.04. The molecule has 0 radical (unpaired) electrons. The molecule has 74 valence electrons. The Labute approximate surface area is 82.7 Å². The first-order valence-electron chi connectivity index (χ1n) is 5.22. The van der Waals surface area contributed by atoms with Crippen LogP contribution in [0, 0.1) is 0 Å². The maximum atomic E-state index is 11.6. The van der Waals surface area contributed by atoms with Crippen molar-refractivity contribution in [1.29, 1.82) is 0 Å². The fourth-order valence-electron chi connectivity index (χ4n) is 2.60. The first kappa shape index (κ1) is 8.09. The van der Waals surface area contributed by atoms with Crippen LogP contribution in [0.2, 0.25) is 0 Å². The van der Waals surface area contributed by atoms with Crippen LogP contribution in [0.3, 0.4) is 0 Å². The molecular weight excluding hydrogens is 178 g/mol. The van der Waals surface area contributed by atoms with Gasteiger partial charge in [-0.3, -0.25) is 4.79 Å². The van der Waals surface area contributed by atoms with E-state index in [9.17, 15) is 4.79 Å². The van der Waals surface area contributed by atoms with E-state index in [-0.39, 0.29) is 0 Å². The molecule has 1 amide bonds. The van der Waals surface area contributed by atoms with Gasteiger partial charge in [-0.2, -0.15) is 0 Å². The average Bonchev–Trinajstić information content (AvgIpc) is 2.72. The summed E-state index contributed by atoms with van der Waals surface area (Å²) in [6.45, 7) is 0.897. The molecule has 1 aromatic rings. The van der Waals surface area contributed by atoms with Gasteiger partial charge in [0.25, 0.3) is 0 Å². The normalized spacial score (nSPS) is 25.9. The fraction of sp³-hybridized carbons (Fsp3) is 0.545. The summed E-state index contributed by atoms with van der Waals surface area (Å²) in [5.41, 5.74) is 1.24. The highest BCUT2D eigenvalue weighted by molar-refractivity contribution is 5.79. The minimum Gasteiger partial charge on any atom is -0.469 e. The summed E-state index contributed by atoms with van der Waals surface area (Å²) in [5, 5.41) is 0. The Balaban J connectivity index is 2.04. The maximum absolute atomic E-state index is 11.6. The Bertz CT molecular complexity index is 369. The largest absolute Gasteiger partial charge is 0.469 e. The number of carbonyl (C=O) groups is 1. The molecule has 1 saturated heterocycles. The van der Waals surface area contributed by atoms with Crippen LogP contribution in [0.25, 0.3) is 0 Å². The number of hydrogen-bond acceptors (Lipinski definition) is 2. The highest BCUT2D eigenvalue weighted by atomic mass is 16.3. The van der Waals surface area contributed by atoms with E-state index in [0.717, 1.165) is 31.6 Å². The Hall–Kier alpha value is -1.25. The van der Waals surface area contributed by atoms with Crippen LogP contribution in [0.1, 0.15) is 36.6 Å². The zero-order valence-corrected chi connectivity index (χ0v) is 8.03. The molecule has 1 fully saturated rings. The van der Waals surface area contributed by atoms with Gasteiger partial charge in [-0.25, -0.2) is 0 Å². The van der Waals surface area contributed by atoms with Crippen molar-refractivity contribution in [2.75, 3.05) is 6.54 Å². The molecule has 2 aliphatic rings. The molecule has 3 heteroatoms. The third-order valence-corrected chi connectivity index (χ3v) is 3.27. The van der Waals surface area contributed by atoms with Crippen LogP contribution >= 0.6 is 0 Å². The summed E-state index contributed by atoms with van der Waals surface area (Å²) >= 11 is 0. The summed E-state index contributed by atoms with van der Waals surface area (Å²) in [7, 11) is 0. The molecule has 1 unspecified atom stereocenters. The number of hydrogen-bond donors (Lipinski definition) is 0. The first-order valence-corrected chi connectivity index (χ1v) is 5.22. The highest BCUT2D eigenvalue weighted by Crippen LogP contribution is 2.37. The lowest BCUT2D eigenvalue weighted by Crippen LogP contribution is -2.27. The smallest absolute Gasteiger partial charge is 0.223 e. The fourth-order valence-corrected chi connectivity index (χ4v) is 2.60. The van der Waals surface area contributed by atoms with Gasteiger partial charge in [0.2, 0.25) is 5.91 Å². The third kappa shape index (κ3) is 1.01. The van der Waals surface area contributed by atoms with Gasteiger partial charge in [-0.15, -0.1) is 0 Å². The lowest BCUT2D eigenvalue weighted by molar-refractivity contribution is -0.129. The zero-order valence-electron chi connectivity index (χ0n) is 8.03. The van der Waals surface area contributed by atoms with E-state index in [1.165, 1.54) is 5.56 Å². The van der Waals surface area contributed by atoms with Crippen LogP contribution in [-0.2, 0) is 11.2 Å². The second kappa shape index (κ2) is 2.87. The van der Waals surface area contributed by atoms with Gasteiger partial charge in [-0.05, 0) is 18.9 Å². The van der Waals surface area contributed by atoms with Crippen LogP contribution in [0.4, 0.5) is 0 Å². The van der Waals surface area contributed by atoms with E-state index >= 15 is 0 Å². The number of furan rings is 1. The van der Waals surface area contributed by atoms with Gasteiger partial charge < -0.3 is 9.32 Å². The van der Waals surface area contributed by atoms with E-state index in [0.29, 0.717) is 18.4 Å². The van der Waals surface area contributed by atoms with Crippen LogP contribution < -0.4 is 0 Å². The molecule has 1 atom stereocenters. The summed E-state index contributed by atoms with van der Waals surface area (Å²) in [5.74, 6) is 1.40. The summed E-state index contributed by atoms with van der Waals surface area (Å²) in [6.07, 6.45) is 5.42. The molecule has 0 N–H and O–H groups in total. The molecule has 3 nitrogen and oxygen atoms in total. The topological polar surface area (TPSA) is 33.5 Å². The minimum absolute atomic E-state index is 0.304. The van der Waals surface area contributed by atoms with E-state index in [4.69, 9.17) is 4.42 Å². The molecule has 0 bridgehead atoms. The monoisotopic (exact) mass is 191 g/mol. The van der Waals surface area contributed by atoms with Gasteiger partial charge in [-0.1, -0.05) is 0 Å². The number of carbonyl (C=O) groups excluding carboxylic acids is 1. The van der Waals surface area contributed by atoms with Crippen molar-refractivity contribution in [2.45, 2.75) is 31.7 Å². The number of aryl methyl sites for hydroxylation is 1. The van der Waals surface area contributed by atoms with Gasteiger partial charge in [0.15, 0.2) is 0 Å². The van der Waals surface area contributed by atoms with Gasteiger partial charge in [0.1, 0.15) is 5.76 Å². The number of amides is 1. The van der Waals surface area contributed by atoms with Crippen molar-refractivity contribution < 1.29 is 9.21 Å². The summed E-state index contributed by atoms with van der Waals surface area (Å²) < 4.78 is 5.44. The van der Waals surface area contributed by atoms with E-state index < -0.39 is 0 Å². The molecule has 3 rings (SSSR count). The molecule has 0 spiro atoms. The third-order valence-electron chi connectivity index (χ3n) is 3.27. The predicted molar refractivity (Wildman–Crippen MR) is 50.7 cm³/mol. The Morgan fingerprint density at radius 3 is 3.29 bits per heavy atom. The zero-order chi connectivity index (χ0) is 9.54. The molecule has 3 heterocycles. The van der Waals surface area contributed by atoms with Crippen molar-refractivity contribution in [3.05, 3.63) is 23.7 Å². The number of nitrogens with zero attached hydrogens (tertiary/aromatic N) is 1. The van der Waals surface area contributed by atoms with Crippen molar-refractivity contribution in [3.63, 3.8) is 0 Å². The molecule has 14 heavy (non-hydrogen) atoms. The molecule has 1 aromatic heterocycles. The minimum atomic E-state index is 0.304. The van der Waals surface area contributed by atoms with Crippen LogP contribution in [0.15, 0.2) is 16.7 Å². The van der Waals surface area contributed by atoms with Crippen molar-refractivity contribution in [3.8, 4) is 0 Å². The van der Waals surface area contributed by atoms with Crippen molar-refractivity contribution >= 4 is 5.91 Å². The molecule has 0 aromatic carbocycles. The standard InChI is InChI=1S/C11H13NO2/c13-11-4-3-9-8-5-7-14-10(8)2-1-6-12(9)11/h5,7,9H,1-4,6H2. The lowest BCUT2D eigenvalue weighted by Gasteiger charge is -2.21. The maximum Gasteiger partial charge on any atom is 0.223 e. The SMILES string of the molecule is O=C1CCC2c3ccoc3CCCN12. The van der Waals surface area contributed by atoms with Crippen molar-refractivity contribution in [2.24, 2.45) is 0 Å². The molecule has 0 aliphatic carbocycles. The summed E-state index contributed by atoms with van der Waals surface area (Å²) in [4.78, 5) is 13.6. The van der Waals surface area contributed by atoms with E-state index in [1.54, 1.807) is 6.26 Å². The average molecular weight is 191 g/mol. The van der Waals surface area contributed by atoms with E-state index in [1.807, 2.05) is 11.0 Å². The molecular formula is C11H13NO2. The quantitative estimate of drug-likeness (QED) is 0.627. The van der Waals surface area contributed by atoms with E-state index in [2.05, 4.69) is 0 Å². The Morgan fingerprint density at radius 2 is 2.36 bits per heavy atom. The van der Waals surface area contributed by atoms with Crippen molar-refractivity contribution in [1.82, 2.24) is 4.90 Å². The number of fused-ring (bicyclic) bond motifs is 3. The number of rotatable bonds is 0. The summed E-state index contributed by atoms with van der Waals surface area (Å²) in [6, 6.07) is 2.33. The Kier molecular flexibility index (Phi) is 1.66.